The van der Waals surface area contributed by atoms with Gasteiger partial charge in [0.2, 0.25) is 0 Å². The molecule has 1 aliphatic rings. The predicted octanol–water partition coefficient (Wildman–Crippen LogP) is 13.5. The minimum absolute atomic E-state index is 0.138. The second kappa shape index (κ2) is 11.8. The third kappa shape index (κ3) is 4.63. The van der Waals surface area contributed by atoms with E-state index in [-0.39, 0.29) is 5.41 Å². The highest BCUT2D eigenvalue weighted by Gasteiger charge is 2.35. The number of aromatic nitrogens is 3. The van der Waals surface area contributed by atoms with E-state index in [0.29, 0.717) is 17.5 Å². The Morgan fingerprint density at radius 1 is 0.389 bits per heavy atom. The molecule has 2 aromatic heterocycles. The molecule has 0 atom stereocenters. The summed E-state index contributed by atoms with van der Waals surface area (Å²) in [6.45, 7) is 4.63. The standard InChI is InChI=1S/C50H33N3S/c1-50(2)42-23-12-11-20-36(42)37-26-25-33(28-43(37)50)48-51-47(32-17-7-4-8-18-32)52-49(53-48)41-29-40-39-22-13-21-35(30-14-5-3-6-15-30)45(39)54-46(40)44-34-19-10-9-16-31(34)24-27-38(41)44/h3-29H,1-2H3. The molecule has 1 aliphatic carbocycles. The van der Waals surface area contributed by atoms with Crippen LogP contribution in [0.4, 0.5) is 0 Å². The molecule has 0 unspecified atom stereocenters. The number of hydrogen-bond acceptors (Lipinski definition) is 4. The fourth-order valence-electron chi connectivity index (χ4n) is 8.65. The van der Waals surface area contributed by atoms with Gasteiger partial charge in [-0.3, -0.25) is 0 Å². The Balaban J connectivity index is 1.21. The molecule has 4 heteroatoms. The molecule has 2 heterocycles. The van der Waals surface area contributed by atoms with Crippen LogP contribution in [-0.4, -0.2) is 15.0 Å². The molecule has 0 radical (unpaired) electrons. The van der Waals surface area contributed by atoms with Crippen molar-refractivity contribution in [2.45, 2.75) is 19.3 Å². The van der Waals surface area contributed by atoms with Gasteiger partial charge in [0.1, 0.15) is 0 Å². The molecule has 0 saturated carbocycles. The van der Waals surface area contributed by atoms with Gasteiger partial charge in [0.25, 0.3) is 0 Å². The normalized spacial score (nSPS) is 13.1. The van der Waals surface area contributed by atoms with Crippen LogP contribution in [0.5, 0.6) is 0 Å². The van der Waals surface area contributed by atoms with Gasteiger partial charge in [-0.1, -0.05) is 166 Å². The number of benzene rings is 8. The van der Waals surface area contributed by atoms with Crippen LogP contribution in [0.25, 0.3) is 98.1 Å². The Hall–Kier alpha value is -6.49. The van der Waals surface area contributed by atoms with Gasteiger partial charge in [0.05, 0.1) is 0 Å². The lowest BCUT2D eigenvalue weighted by Gasteiger charge is -2.21. The lowest BCUT2D eigenvalue weighted by Crippen LogP contribution is -2.15. The van der Waals surface area contributed by atoms with Gasteiger partial charge < -0.3 is 0 Å². The molecule has 8 aromatic carbocycles. The first-order chi connectivity index (χ1) is 26.5. The summed E-state index contributed by atoms with van der Waals surface area (Å²) in [4.78, 5) is 15.8. The van der Waals surface area contributed by atoms with E-state index in [1.807, 2.05) is 29.5 Å². The summed E-state index contributed by atoms with van der Waals surface area (Å²) in [5.74, 6) is 2.00. The van der Waals surface area contributed by atoms with Gasteiger partial charge in [-0.15, -0.1) is 11.3 Å². The fourth-order valence-corrected chi connectivity index (χ4v) is 10.0. The van der Waals surface area contributed by atoms with Gasteiger partial charge in [-0.25, -0.2) is 15.0 Å². The van der Waals surface area contributed by atoms with Crippen molar-refractivity contribution in [3.8, 4) is 56.4 Å². The molecule has 3 nitrogen and oxygen atoms in total. The van der Waals surface area contributed by atoms with Gasteiger partial charge >= 0.3 is 0 Å². The number of fused-ring (bicyclic) bond motifs is 10. The Bertz CT molecular complexity index is 3120. The highest BCUT2D eigenvalue weighted by atomic mass is 32.1. The Kier molecular flexibility index (Phi) is 6.77. The van der Waals surface area contributed by atoms with Gasteiger partial charge in [0, 0.05) is 47.7 Å². The molecule has 54 heavy (non-hydrogen) atoms. The summed E-state index contributed by atoms with van der Waals surface area (Å²) in [7, 11) is 0. The van der Waals surface area contributed by atoms with Gasteiger partial charge in [-0.2, -0.15) is 0 Å². The molecule has 11 rings (SSSR count). The summed E-state index contributed by atoms with van der Waals surface area (Å²) in [5.41, 5.74) is 10.5. The zero-order valence-electron chi connectivity index (χ0n) is 29.8. The Morgan fingerprint density at radius 3 is 1.87 bits per heavy atom. The average Bonchev–Trinajstić information content (AvgIpc) is 3.72. The maximum atomic E-state index is 5.37. The van der Waals surface area contributed by atoms with E-state index >= 15 is 0 Å². The quantitative estimate of drug-likeness (QED) is 0.171. The van der Waals surface area contributed by atoms with Crippen LogP contribution < -0.4 is 0 Å². The highest BCUT2D eigenvalue weighted by molar-refractivity contribution is 7.27. The van der Waals surface area contributed by atoms with Crippen molar-refractivity contribution < 1.29 is 0 Å². The molecule has 0 saturated heterocycles. The first-order valence-corrected chi connectivity index (χ1v) is 19.3. The van der Waals surface area contributed by atoms with E-state index in [9.17, 15) is 0 Å². The van der Waals surface area contributed by atoms with Crippen molar-refractivity contribution in [3.05, 3.63) is 175 Å². The van der Waals surface area contributed by atoms with E-state index in [1.54, 1.807) is 0 Å². The molecule has 0 aliphatic heterocycles. The predicted molar refractivity (Wildman–Crippen MR) is 227 cm³/mol. The third-order valence-electron chi connectivity index (χ3n) is 11.3. The first kappa shape index (κ1) is 31.1. The van der Waals surface area contributed by atoms with E-state index in [1.165, 1.54) is 69.7 Å². The van der Waals surface area contributed by atoms with Crippen LogP contribution in [0.15, 0.2) is 164 Å². The third-order valence-corrected chi connectivity index (χ3v) is 12.6. The Labute approximate surface area is 317 Å². The number of rotatable bonds is 4. The summed E-state index contributed by atoms with van der Waals surface area (Å²) >= 11 is 1.88. The highest BCUT2D eigenvalue weighted by Crippen LogP contribution is 2.50. The van der Waals surface area contributed by atoms with Crippen molar-refractivity contribution in [1.29, 1.82) is 0 Å². The van der Waals surface area contributed by atoms with Crippen LogP contribution in [0.3, 0.4) is 0 Å². The van der Waals surface area contributed by atoms with Crippen molar-refractivity contribution >= 4 is 53.1 Å². The number of hydrogen-bond donors (Lipinski definition) is 0. The van der Waals surface area contributed by atoms with Crippen LogP contribution in [-0.2, 0) is 5.41 Å². The van der Waals surface area contributed by atoms with E-state index < -0.39 is 0 Å². The SMILES string of the molecule is CC1(C)c2ccccc2-c2ccc(-c3nc(-c4ccccc4)nc(-c4cc5c6cccc(-c7ccccc7)c6sc5c5c4ccc4ccccc45)n3)cc21. The summed E-state index contributed by atoms with van der Waals surface area (Å²) < 4.78 is 2.56. The number of thiophene rings is 1. The molecule has 254 valence electrons. The topological polar surface area (TPSA) is 38.7 Å². The molecule has 0 spiro atoms. The van der Waals surface area contributed by atoms with Crippen LogP contribution in [0.1, 0.15) is 25.0 Å². The second-order valence-corrected chi connectivity index (χ2v) is 15.8. The molecule has 10 aromatic rings. The van der Waals surface area contributed by atoms with Crippen molar-refractivity contribution in [3.63, 3.8) is 0 Å². The largest absolute Gasteiger partial charge is 0.208 e. The van der Waals surface area contributed by atoms with E-state index in [2.05, 4.69) is 159 Å². The molecule has 0 bridgehead atoms. The van der Waals surface area contributed by atoms with Crippen molar-refractivity contribution in [1.82, 2.24) is 15.0 Å². The van der Waals surface area contributed by atoms with Gasteiger partial charge in [-0.05, 0) is 61.7 Å². The smallest absolute Gasteiger partial charge is 0.164 e. The summed E-state index contributed by atoms with van der Waals surface area (Å²) in [5, 5.41) is 7.27. The fraction of sp³-hybridized carbons (Fsp3) is 0.0600. The minimum Gasteiger partial charge on any atom is -0.208 e. The maximum Gasteiger partial charge on any atom is 0.164 e. The zero-order chi connectivity index (χ0) is 36.0. The molecule has 0 fully saturated rings. The van der Waals surface area contributed by atoms with Crippen molar-refractivity contribution in [2.75, 3.05) is 0 Å². The first-order valence-electron chi connectivity index (χ1n) is 18.4. The molecule has 0 amide bonds. The van der Waals surface area contributed by atoms with Crippen LogP contribution in [0, 0.1) is 0 Å². The lowest BCUT2D eigenvalue weighted by molar-refractivity contribution is 0.660. The molecular formula is C50H33N3S. The second-order valence-electron chi connectivity index (χ2n) is 14.8. The molecular weight excluding hydrogens is 675 g/mol. The maximum absolute atomic E-state index is 5.37. The van der Waals surface area contributed by atoms with Crippen molar-refractivity contribution in [2.24, 2.45) is 0 Å². The number of nitrogens with zero attached hydrogens (tertiary/aromatic N) is 3. The summed E-state index contributed by atoms with van der Waals surface area (Å²) in [6, 6.07) is 58.7. The van der Waals surface area contributed by atoms with Crippen LogP contribution in [0.2, 0.25) is 0 Å². The molecule has 0 N–H and O–H groups in total. The lowest BCUT2D eigenvalue weighted by atomic mass is 9.82. The van der Waals surface area contributed by atoms with E-state index in [0.717, 1.165) is 22.1 Å². The average molecular weight is 708 g/mol. The monoisotopic (exact) mass is 707 g/mol. The van der Waals surface area contributed by atoms with E-state index in [4.69, 9.17) is 15.0 Å². The van der Waals surface area contributed by atoms with Crippen LogP contribution >= 0.6 is 11.3 Å². The Morgan fingerprint density at radius 2 is 1.04 bits per heavy atom. The van der Waals surface area contributed by atoms with Gasteiger partial charge in [0.15, 0.2) is 17.5 Å². The summed E-state index contributed by atoms with van der Waals surface area (Å²) in [6.07, 6.45) is 0. The zero-order valence-corrected chi connectivity index (χ0v) is 30.7. The minimum atomic E-state index is -0.138.